The summed E-state index contributed by atoms with van der Waals surface area (Å²) in [5.41, 5.74) is 4.10. The van der Waals surface area contributed by atoms with Gasteiger partial charge in [-0.25, -0.2) is 4.79 Å². The number of nitrogens with zero attached hydrogens (tertiary/aromatic N) is 1. The third kappa shape index (κ3) is 8.83. The van der Waals surface area contributed by atoms with Crippen LogP contribution in [0.3, 0.4) is 0 Å². The molecular weight excluding hydrogens is 518 g/mol. The first-order chi connectivity index (χ1) is 19.3. The predicted molar refractivity (Wildman–Crippen MR) is 161 cm³/mol. The van der Waals surface area contributed by atoms with E-state index in [1.165, 1.54) is 17.0 Å². The number of para-hydroxylation sites is 1. The predicted octanol–water partition coefficient (Wildman–Crippen LogP) is 5.98. The maximum absolute atomic E-state index is 14.3. The van der Waals surface area contributed by atoms with Crippen LogP contribution in [0.2, 0.25) is 0 Å². The first-order valence-corrected chi connectivity index (χ1v) is 13.8. The molecule has 3 aromatic carbocycles. The van der Waals surface area contributed by atoms with Crippen LogP contribution < -0.4 is 10.6 Å². The van der Waals surface area contributed by atoms with Crippen molar-refractivity contribution in [1.29, 1.82) is 0 Å². The largest absolute Gasteiger partial charge is 0.508 e. The number of hydrogen-bond donors (Lipinski definition) is 3. The summed E-state index contributed by atoms with van der Waals surface area (Å²) in [7, 11) is 0. The molecule has 0 radical (unpaired) electrons. The Morgan fingerprint density at radius 2 is 1.54 bits per heavy atom. The summed E-state index contributed by atoms with van der Waals surface area (Å²) >= 11 is 0. The van der Waals surface area contributed by atoms with Crippen molar-refractivity contribution in [2.45, 2.75) is 72.6 Å². The molecule has 3 aromatic rings. The van der Waals surface area contributed by atoms with Gasteiger partial charge < -0.3 is 25.4 Å². The number of hydrogen-bond acceptors (Lipinski definition) is 5. The topological polar surface area (TPSA) is 108 Å². The average Bonchev–Trinajstić information content (AvgIpc) is 2.87. The number of anilines is 1. The Kier molecular flexibility index (Phi) is 10.2. The monoisotopic (exact) mass is 559 g/mol. The van der Waals surface area contributed by atoms with Gasteiger partial charge in [0.2, 0.25) is 5.91 Å². The van der Waals surface area contributed by atoms with Gasteiger partial charge in [-0.3, -0.25) is 9.59 Å². The third-order valence-corrected chi connectivity index (χ3v) is 6.51. The highest BCUT2D eigenvalue weighted by Crippen LogP contribution is 2.27. The third-order valence-electron chi connectivity index (χ3n) is 6.51. The summed E-state index contributed by atoms with van der Waals surface area (Å²) in [6, 6.07) is 17.7. The summed E-state index contributed by atoms with van der Waals surface area (Å²) in [5, 5.41) is 15.5. The van der Waals surface area contributed by atoms with E-state index in [1.54, 1.807) is 39.8 Å². The molecule has 41 heavy (non-hydrogen) atoms. The SMILES string of the molecule is CCN(C(=O)C(Cc1ccc(O)cc1)NC(=O)OC(C)(C)C)C(C(=O)Nc1ccccc1C)c1cc(C)cc(C)c1. The van der Waals surface area contributed by atoms with E-state index >= 15 is 0 Å². The van der Waals surface area contributed by atoms with Gasteiger partial charge in [0.25, 0.3) is 5.91 Å². The van der Waals surface area contributed by atoms with E-state index in [-0.39, 0.29) is 24.6 Å². The number of aryl methyl sites for hydroxylation is 3. The molecule has 3 N–H and O–H groups in total. The molecule has 218 valence electrons. The number of carbonyl (C=O) groups is 3. The van der Waals surface area contributed by atoms with Gasteiger partial charge in [-0.2, -0.15) is 0 Å². The highest BCUT2D eigenvalue weighted by Gasteiger charge is 2.36. The van der Waals surface area contributed by atoms with Crippen LogP contribution in [0.25, 0.3) is 0 Å². The van der Waals surface area contributed by atoms with Crippen LogP contribution in [-0.2, 0) is 20.7 Å². The van der Waals surface area contributed by atoms with Gasteiger partial charge in [-0.1, -0.05) is 59.7 Å². The smallest absolute Gasteiger partial charge is 0.408 e. The van der Waals surface area contributed by atoms with Crippen molar-refractivity contribution in [2.24, 2.45) is 0 Å². The molecule has 0 saturated carbocycles. The average molecular weight is 560 g/mol. The normalized spacial score (nSPS) is 12.7. The molecule has 3 rings (SSSR count). The minimum Gasteiger partial charge on any atom is -0.508 e. The Hall–Kier alpha value is -4.33. The Morgan fingerprint density at radius 3 is 2.10 bits per heavy atom. The molecule has 0 saturated heterocycles. The molecule has 0 aromatic heterocycles. The molecule has 0 aliphatic rings. The van der Waals surface area contributed by atoms with Crippen molar-refractivity contribution < 1.29 is 24.2 Å². The molecule has 2 atom stereocenters. The number of nitrogens with one attached hydrogen (secondary N) is 2. The molecule has 0 aliphatic carbocycles. The number of benzene rings is 3. The molecular formula is C33H41N3O5. The van der Waals surface area contributed by atoms with E-state index in [4.69, 9.17) is 4.74 Å². The summed E-state index contributed by atoms with van der Waals surface area (Å²) in [5.74, 6) is -0.703. The number of phenols is 1. The Balaban J connectivity index is 2.04. The number of carbonyl (C=O) groups excluding carboxylic acids is 3. The Morgan fingerprint density at radius 1 is 0.927 bits per heavy atom. The van der Waals surface area contributed by atoms with Gasteiger partial charge in [0, 0.05) is 18.7 Å². The number of amides is 3. The van der Waals surface area contributed by atoms with Gasteiger partial charge in [0.1, 0.15) is 23.4 Å². The van der Waals surface area contributed by atoms with Crippen LogP contribution in [-0.4, -0.2) is 46.1 Å². The summed E-state index contributed by atoms with van der Waals surface area (Å²) in [4.78, 5) is 42.6. The lowest BCUT2D eigenvalue weighted by atomic mass is 9.97. The highest BCUT2D eigenvalue weighted by molar-refractivity contribution is 5.99. The van der Waals surface area contributed by atoms with E-state index in [2.05, 4.69) is 10.6 Å². The fraction of sp³-hybridized carbons (Fsp3) is 0.364. The van der Waals surface area contributed by atoms with Crippen LogP contribution in [0.15, 0.2) is 66.7 Å². The molecule has 0 fully saturated rings. The maximum atomic E-state index is 14.3. The van der Waals surface area contributed by atoms with Crippen molar-refractivity contribution in [3.05, 3.63) is 94.5 Å². The van der Waals surface area contributed by atoms with Crippen molar-refractivity contribution >= 4 is 23.6 Å². The zero-order valence-electron chi connectivity index (χ0n) is 24.9. The molecule has 0 bridgehead atoms. The zero-order valence-corrected chi connectivity index (χ0v) is 24.9. The van der Waals surface area contributed by atoms with Crippen molar-refractivity contribution in [3.8, 4) is 5.75 Å². The molecule has 3 amide bonds. The lowest BCUT2D eigenvalue weighted by molar-refractivity contribution is -0.140. The summed E-state index contributed by atoms with van der Waals surface area (Å²) in [6.07, 6.45) is -0.605. The van der Waals surface area contributed by atoms with Crippen LogP contribution >= 0.6 is 0 Å². The van der Waals surface area contributed by atoms with E-state index in [0.717, 1.165) is 22.3 Å². The molecule has 2 unspecified atom stereocenters. The van der Waals surface area contributed by atoms with Crippen LogP contribution in [0.5, 0.6) is 5.75 Å². The first-order valence-electron chi connectivity index (χ1n) is 13.8. The van der Waals surface area contributed by atoms with Gasteiger partial charge in [-0.05, 0) is 83.4 Å². The van der Waals surface area contributed by atoms with Crippen LogP contribution in [0.1, 0.15) is 61.6 Å². The van der Waals surface area contributed by atoms with Gasteiger partial charge in [0.05, 0.1) is 0 Å². The maximum Gasteiger partial charge on any atom is 0.408 e. The minimum atomic E-state index is -1.03. The number of aromatic hydroxyl groups is 1. The van der Waals surface area contributed by atoms with Crippen molar-refractivity contribution in [2.75, 3.05) is 11.9 Å². The molecule has 8 heteroatoms. The number of likely N-dealkylation sites (N-methyl/N-ethyl adjacent to an activating group) is 1. The second kappa shape index (κ2) is 13.4. The minimum absolute atomic E-state index is 0.0923. The van der Waals surface area contributed by atoms with Crippen molar-refractivity contribution in [3.63, 3.8) is 0 Å². The lowest BCUT2D eigenvalue weighted by Gasteiger charge is -2.34. The summed E-state index contributed by atoms with van der Waals surface area (Å²) < 4.78 is 5.46. The van der Waals surface area contributed by atoms with Crippen LogP contribution in [0, 0.1) is 20.8 Å². The van der Waals surface area contributed by atoms with Gasteiger partial charge >= 0.3 is 6.09 Å². The van der Waals surface area contributed by atoms with Gasteiger partial charge in [-0.15, -0.1) is 0 Å². The Labute approximate surface area is 242 Å². The quantitative estimate of drug-likeness (QED) is 0.299. The lowest BCUT2D eigenvalue weighted by Crippen LogP contribution is -2.53. The highest BCUT2D eigenvalue weighted by atomic mass is 16.6. The van der Waals surface area contributed by atoms with Gasteiger partial charge in [0.15, 0.2) is 0 Å². The standard InChI is InChI=1S/C33H41N3O5/c1-8-36(31(39)28(35-32(40)41-33(5,6)7)20-24-13-15-26(37)16-14-24)29(25-18-21(2)17-22(3)19-25)30(38)34-27-12-10-9-11-23(27)4/h9-19,28-29,37H,8,20H2,1-7H3,(H,34,38)(H,35,40). The fourth-order valence-corrected chi connectivity index (χ4v) is 4.74. The van der Waals surface area contributed by atoms with E-state index in [9.17, 15) is 19.5 Å². The molecule has 0 spiro atoms. The molecule has 8 nitrogen and oxygen atoms in total. The van der Waals surface area contributed by atoms with E-state index in [0.29, 0.717) is 11.3 Å². The van der Waals surface area contributed by atoms with E-state index < -0.39 is 29.7 Å². The number of ether oxygens (including phenoxy) is 1. The second-order valence-corrected chi connectivity index (χ2v) is 11.3. The molecule has 0 aliphatic heterocycles. The first kappa shape index (κ1) is 31.2. The number of rotatable bonds is 9. The summed E-state index contributed by atoms with van der Waals surface area (Å²) in [6.45, 7) is 13.0. The number of alkyl carbamates (subject to hydrolysis) is 1. The second-order valence-electron chi connectivity index (χ2n) is 11.3. The fourth-order valence-electron chi connectivity index (χ4n) is 4.74. The molecule has 0 heterocycles. The van der Waals surface area contributed by atoms with E-state index in [1.807, 2.05) is 63.2 Å². The zero-order chi connectivity index (χ0) is 30.3. The van der Waals surface area contributed by atoms with Crippen molar-refractivity contribution in [1.82, 2.24) is 10.2 Å². The number of phenolic OH excluding ortho intramolecular Hbond substituents is 1. The van der Waals surface area contributed by atoms with Crippen LogP contribution in [0.4, 0.5) is 10.5 Å². The Bertz CT molecular complexity index is 1360.